The predicted molar refractivity (Wildman–Crippen MR) is 126 cm³/mol. The molecule has 0 aliphatic rings. The Balaban J connectivity index is 1.56. The maximum Gasteiger partial charge on any atom is 0.291 e. The van der Waals surface area contributed by atoms with E-state index in [4.69, 9.17) is 9.15 Å². The minimum absolute atomic E-state index is 0.105. The van der Waals surface area contributed by atoms with Gasteiger partial charge in [-0.15, -0.1) is 0 Å². The Morgan fingerprint density at radius 3 is 2.16 bits per heavy atom. The molecule has 5 heteroatoms. The van der Waals surface area contributed by atoms with Crippen molar-refractivity contribution in [1.82, 2.24) is 0 Å². The Labute approximate surface area is 185 Å². The fourth-order valence-electron chi connectivity index (χ4n) is 3.32. The summed E-state index contributed by atoms with van der Waals surface area (Å²) in [4.78, 5) is 14.8. The van der Waals surface area contributed by atoms with E-state index >= 15 is 0 Å². The first kappa shape index (κ1) is 22.5. The highest BCUT2D eigenvalue weighted by Gasteiger charge is 2.14. The second-order valence-corrected chi connectivity index (χ2v) is 8.50. The summed E-state index contributed by atoms with van der Waals surface area (Å²) in [6, 6.07) is 19.3. The zero-order valence-electron chi connectivity index (χ0n) is 19.1. The van der Waals surface area contributed by atoms with E-state index in [1.54, 1.807) is 12.1 Å². The minimum Gasteiger partial charge on any atom is -0.486 e. The molecule has 1 aromatic heterocycles. The van der Waals surface area contributed by atoms with Crippen LogP contribution in [0, 0.1) is 0 Å². The van der Waals surface area contributed by atoms with E-state index in [0.29, 0.717) is 5.76 Å². The van der Waals surface area contributed by atoms with E-state index < -0.39 is 0 Å². The van der Waals surface area contributed by atoms with Gasteiger partial charge in [0, 0.05) is 24.5 Å². The number of benzene rings is 2. The molecule has 0 spiro atoms. The van der Waals surface area contributed by atoms with Crippen LogP contribution in [0.4, 0.5) is 11.4 Å². The zero-order valence-corrected chi connectivity index (χ0v) is 19.1. The summed E-state index contributed by atoms with van der Waals surface area (Å²) in [5, 5.41) is 2.88. The first-order chi connectivity index (χ1) is 14.8. The Morgan fingerprint density at radius 1 is 0.935 bits per heavy atom. The van der Waals surface area contributed by atoms with Crippen molar-refractivity contribution in [2.75, 3.05) is 23.3 Å². The summed E-state index contributed by atoms with van der Waals surface area (Å²) in [7, 11) is 0. The summed E-state index contributed by atoms with van der Waals surface area (Å²) in [5.41, 5.74) is 3.22. The van der Waals surface area contributed by atoms with Crippen LogP contribution in [0.25, 0.3) is 0 Å². The van der Waals surface area contributed by atoms with Gasteiger partial charge in [0.15, 0.2) is 5.76 Å². The molecule has 2 aromatic carbocycles. The largest absolute Gasteiger partial charge is 0.486 e. The molecule has 0 saturated heterocycles. The molecule has 0 bridgehead atoms. The van der Waals surface area contributed by atoms with Crippen LogP contribution < -0.4 is 15.0 Å². The number of hydrogen-bond acceptors (Lipinski definition) is 4. The van der Waals surface area contributed by atoms with Gasteiger partial charge >= 0.3 is 0 Å². The molecule has 31 heavy (non-hydrogen) atoms. The molecule has 3 aromatic rings. The Hall–Kier alpha value is -3.21. The minimum atomic E-state index is -0.281. The average Bonchev–Trinajstić information content (AvgIpc) is 3.23. The number of anilines is 2. The number of carbonyl (C=O) groups excluding carboxylic acids is 1. The van der Waals surface area contributed by atoms with Gasteiger partial charge in [-0.05, 0) is 73.4 Å². The van der Waals surface area contributed by atoms with E-state index in [1.807, 2.05) is 36.4 Å². The molecule has 0 atom stereocenters. The van der Waals surface area contributed by atoms with Crippen LogP contribution in [0.3, 0.4) is 0 Å². The SMILES string of the molecule is CCN(CC)c1ccc(NC(=O)c2ccc(COc3ccc(C(C)(C)C)cc3)o2)cc1. The highest BCUT2D eigenvalue weighted by Crippen LogP contribution is 2.25. The number of nitrogens with one attached hydrogen (secondary N) is 1. The maximum absolute atomic E-state index is 12.5. The van der Waals surface area contributed by atoms with Crippen LogP contribution in [0.2, 0.25) is 0 Å². The quantitative estimate of drug-likeness (QED) is 0.468. The molecule has 1 heterocycles. The summed E-state index contributed by atoms with van der Waals surface area (Å²) < 4.78 is 11.5. The van der Waals surface area contributed by atoms with Crippen LogP contribution in [-0.2, 0) is 12.0 Å². The van der Waals surface area contributed by atoms with E-state index in [2.05, 4.69) is 57.0 Å². The molecule has 0 aliphatic heterocycles. The predicted octanol–water partition coefficient (Wildman–Crippen LogP) is 6.25. The summed E-state index contributed by atoms with van der Waals surface area (Å²) in [6.07, 6.45) is 0. The van der Waals surface area contributed by atoms with E-state index in [1.165, 1.54) is 5.56 Å². The van der Waals surface area contributed by atoms with Crippen LogP contribution in [0.5, 0.6) is 5.75 Å². The summed E-state index contributed by atoms with van der Waals surface area (Å²) >= 11 is 0. The lowest BCUT2D eigenvalue weighted by Crippen LogP contribution is -2.21. The Kier molecular flexibility index (Phi) is 7.06. The molecule has 1 N–H and O–H groups in total. The van der Waals surface area contributed by atoms with Crippen molar-refractivity contribution in [1.29, 1.82) is 0 Å². The number of nitrogens with zero attached hydrogens (tertiary/aromatic N) is 1. The summed E-state index contributed by atoms with van der Waals surface area (Å²) in [6.45, 7) is 12.9. The van der Waals surface area contributed by atoms with E-state index in [0.717, 1.165) is 30.2 Å². The van der Waals surface area contributed by atoms with Gasteiger partial charge in [0.1, 0.15) is 18.1 Å². The van der Waals surface area contributed by atoms with Crippen LogP contribution >= 0.6 is 0 Å². The summed E-state index contributed by atoms with van der Waals surface area (Å²) in [5.74, 6) is 1.34. The number of amides is 1. The molecule has 0 radical (unpaired) electrons. The fraction of sp³-hybridized carbons (Fsp3) is 0.346. The van der Waals surface area contributed by atoms with Gasteiger partial charge in [-0.25, -0.2) is 0 Å². The lowest BCUT2D eigenvalue weighted by Gasteiger charge is -2.21. The standard InChI is InChI=1S/C26H32N2O3/c1-6-28(7-2)21-12-10-20(11-13-21)27-25(29)24-17-16-23(31-24)18-30-22-14-8-19(9-15-22)26(3,4)5/h8-17H,6-7,18H2,1-5H3,(H,27,29). The van der Waals surface area contributed by atoms with Crippen molar-refractivity contribution in [3.05, 3.63) is 77.7 Å². The van der Waals surface area contributed by atoms with Gasteiger partial charge in [-0.3, -0.25) is 4.79 Å². The number of hydrogen-bond donors (Lipinski definition) is 1. The lowest BCUT2D eigenvalue weighted by atomic mass is 9.87. The second kappa shape index (κ2) is 9.73. The van der Waals surface area contributed by atoms with E-state index in [-0.39, 0.29) is 23.7 Å². The van der Waals surface area contributed by atoms with Gasteiger partial charge in [-0.2, -0.15) is 0 Å². The molecule has 0 aliphatic carbocycles. The molecule has 0 unspecified atom stereocenters. The molecule has 0 fully saturated rings. The Morgan fingerprint density at radius 2 is 1.58 bits per heavy atom. The first-order valence-corrected chi connectivity index (χ1v) is 10.8. The molecule has 1 amide bonds. The molecule has 3 rings (SSSR count). The van der Waals surface area contributed by atoms with Gasteiger partial charge < -0.3 is 19.4 Å². The van der Waals surface area contributed by atoms with Gasteiger partial charge in [0.2, 0.25) is 0 Å². The van der Waals surface area contributed by atoms with Crippen LogP contribution in [0.15, 0.2) is 65.1 Å². The van der Waals surface area contributed by atoms with Crippen molar-refractivity contribution in [2.45, 2.75) is 46.6 Å². The number of furan rings is 1. The van der Waals surface area contributed by atoms with Crippen molar-refractivity contribution < 1.29 is 13.9 Å². The third-order valence-corrected chi connectivity index (χ3v) is 5.24. The van der Waals surface area contributed by atoms with Crippen molar-refractivity contribution in [3.63, 3.8) is 0 Å². The van der Waals surface area contributed by atoms with E-state index in [9.17, 15) is 4.79 Å². The van der Waals surface area contributed by atoms with Crippen LogP contribution in [-0.4, -0.2) is 19.0 Å². The maximum atomic E-state index is 12.5. The average molecular weight is 421 g/mol. The molecule has 164 valence electrons. The van der Waals surface area contributed by atoms with Gasteiger partial charge in [0.05, 0.1) is 0 Å². The Bertz CT molecular complexity index is 979. The number of carbonyl (C=O) groups is 1. The fourth-order valence-corrected chi connectivity index (χ4v) is 3.32. The highest BCUT2D eigenvalue weighted by atomic mass is 16.5. The normalized spacial score (nSPS) is 11.3. The first-order valence-electron chi connectivity index (χ1n) is 10.8. The zero-order chi connectivity index (χ0) is 22.4. The second-order valence-electron chi connectivity index (χ2n) is 8.50. The number of rotatable bonds is 8. The van der Waals surface area contributed by atoms with Gasteiger partial charge in [-0.1, -0.05) is 32.9 Å². The third kappa shape index (κ3) is 5.91. The van der Waals surface area contributed by atoms with Crippen molar-refractivity contribution in [2.24, 2.45) is 0 Å². The topological polar surface area (TPSA) is 54.7 Å². The van der Waals surface area contributed by atoms with Crippen molar-refractivity contribution in [3.8, 4) is 5.75 Å². The van der Waals surface area contributed by atoms with Crippen molar-refractivity contribution >= 4 is 17.3 Å². The lowest BCUT2D eigenvalue weighted by molar-refractivity contribution is 0.0992. The molecule has 0 saturated carbocycles. The molecular weight excluding hydrogens is 388 g/mol. The monoisotopic (exact) mass is 420 g/mol. The van der Waals surface area contributed by atoms with Crippen LogP contribution in [0.1, 0.15) is 56.5 Å². The molecule has 5 nitrogen and oxygen atoms in total. The molecular formula is C26H32N2O3. The third-order valence-electron chi connectivity index (χ3n) is 5.24. The number of ether oxygens (including phenoxy) is 1. The smallest absolute Gasteiger partial charge is 0.291 e. The highest BCUT2D eigenvalue weighted by molar-refractivity contribution is 6.02. The van der Waals surface area contributed by atoms with Gasteiger partial charge in [0.25, 0.3) is 5.91 Å².